The predicted molar refractivity (Wildman–Crippen MR) is 98.1 cm³/mol. The summed E-state index contributed by atoms with van der Waals surface area (Å²) in [6.07, 6.45) is 1.39. The summed E-state index contributed by atoms with van der Waals surface area (Å²) in [7, 11) is 1.61. The summed E-state index contributed by atoms with van der Waals surface area (Å²) in [6, 6.07) is 15.4. The Kier molecular flexibility index (Phi) is 5.58. The number of hydrogen-bond donors (Lipinski definition) is 2. The largest absolute Gasteiger partial charge is 0.497 e. The lowest BCUT2D eigenvalue weighted by atomic mass is 9.97. The van der Waals surface area contributed by atoms with Gasteiger partial charge in [0.25, 0.3) is 0 Å². The Morgan fingerprint density at radius 2 is 2.00 bits per heavy atom. The van der Waals surface area contributed by atoms with Crippen molar-refractivity contribution in [2.45, 2.75) is 25.7 Å². The van der Waals surface area contributed by atoms with E-state index in [2.05, 4.69) is 32.9 Å². The van der Waals surface area contributed by atoms with Gasteiger partial charge in [-0.05, 0) is 48.2 Å². The van der Waals surface area contributed by atoms with Crippen molar-refractivity contribution >= 4 is 11.6 Å². The number of aryl methyl sites for hydroxylation is 1. The standard InChI is InChI=1S/C19H21N5O2/c1-3-13-7-9-15(10-8-13)20-19(25)17(18-21-23-24-22-18)12-14-5-4-6-16(11-14)26-2/h4-11,17H,3,12H2,1-2H3,(H,20,25)(H,21,22,23,24). The van der Waals surface area contributed by atoms with Gasteiger partial charge >= 0.3 is 0 Å². The number of ether oxygens (including phenoxy) is 1. The molecule has 1 amide bonds. The van der Waals surface area contributed by atoms with Crippen molar-refractivity contribution < 1.29 is 9.53 Å². The normalized spacial score (nSPS) is 11.8. The quantitative estimate of drug-likeness (QED) is 0.683. The highest BCUT2D eigenvalue weighted by Gasteiger charge is 2.25. The number of tetrazole rings is 1. The summed E-state index contributed by atoms with van der Waals surface area (Å²) < 4.78 is 5.25. The fraction of sp³-hybridized carbons (Fsp3) is 0.263. The number of benzene rings is 2. The van der Waals surface area contributed by atoms with Gasteiger partial charge in [-0.2, -0.15) is 5.21 Å². The maximum atomic E-state index is 12.9. The highest BCUT2D eigenvalue weighted by Crippen LogP contribution is 2.22. The van der Waals surface area contributed by atoms with Crippen LogP contribution < -0.4 is 10.1 Å². The third kappa shape index (κ3) is 4.24. The lowest BCUT2D eigenvalue weighted by Gasteiger charge is -2.14. The number of nitrogens with zero attached hydrogens (tertiary/aromatic N) is 3. The lowest BCUT2D eigenvalue weighted by molar-refractivity contribution is -0.117. The van der Waals surface area contributed by atoms with Crippen LogP contribution in [-0.4, -0.2) is 33.6 Å². The summed E-state index contributed by atoms with van der Waals surface area (Å²) in [5.74, 6) is 0.352. The zero-order valence-electron chi connectivity index (χ0n) is 14.8. The molecule has 2 N–H and O–H groups in total. The molecule has 0 aliphatic heterocycles. The Balaban J connectivity index is 1.80. The van der Waals surface area contributed by atoms with Gasteiger partial charge in [0.1, 0.15) is 11.7 Å². The molecule has 0 spiro atoms. The van der Waals surface area contributed by atoms with E-state index in [4.69, 9.17) is 4.74 Å². The molecule has 0 radical (unpaired) electrons. The number of aromatic amines is 1. The van der Waals surface area contributed by atoms with Gasteiger partial charge in [-0.3, -0.25) is 4.79 Å². The zero-order chi connectivity index (χ0) is 18.4. The molecule has 1 aromatic heterocycles. The third-order valence-corrected chi connectivity index (χ3v) is 4.19. The number of hydrogen-bond acceptors (Lipinski definition) is 5. The smallest absolute Gasteiger partial charge is 0.235 e. The first-order valence-electron chi connectivity index (χ1n) is 8.45. The second kappa shape index (κ2) is 8.24. The molecule has 1 heterocycles. The molecular weight excluding hydrogens is 330 g/mol. The van der Waals surface area contributed by atoms with Crippen LogP contribution in [0.25, 0.3) is 0 Å². The van der Waals surface area contributed by atoms with E-state index in [1.54, 1.807) is 7.11 Å². The number of aromatic nitrogens is 4. The van der Waals surface area contributed by atoms with Crippen molar-refractivity contribution in [1.82, 2.24) is 20.6 Å². The molecule has 0 saturated carbocycles. The average molecular weight is 351 g/mol. The zero-order valence-corrected chi connectivity index (χ0v) is 14.8. The Bertz CT molecular complexity index is 847. The maximum absolute atomic E-state index is 12.9. The van der Waals surface area contributed by atoms with E-state index < -0.39 is 5.92 Å². The van der Waals surface area contributed by atoms with E-state index in [1.165, 1.54) is 5.56 Å². The first kappa shape index (κ1) is 17.6. The predicted octanol–water partition coefficient (Wildman–Crippen LogP) is 2.74. The average Bonchev–Trinajstić information content (AvgIpc) is 3.21. The van der Waals surface area contributed by atoms with Crippen molar-refractivity contribution in [3.63, 3.8) is 0 Å². The molecule has 1 unspecified atom stereocenters. The highest BCUT2D eigenvalue weighted by molar-refractivity contribution is 5.95. The minimum atomic E-state index is -0.563. The molecule has 0 aliphatic rings. The number of carbonyl (C=O) groups is 1. The summed E-state index contributed by atoms with van der Waals surface area (Å²) >= 11 is 0. The Morgan fingerprint density at radius 1 is 1.19 bits per heavy atom. The molecule has 0 saturated heterocycles. The van der Waals surface area contributed by atoms with Crippen LogP contribution in [0, 0.1) is 0 Å². The van der Waals surface area contributed by atoms with Crippen LogP contribution in [0.4, 0.5) is 5.69 Å². The van der Waals surface area contributed by atoms with E-state index in [-0.39, 0.29) is 5.91 Å². The molecule has 2 aromatic carbocycles. The second-order valence-electron chi connectivity index (χ2n) is 5.92. The molecule has 1 atom stereocenters. The topological polar surface area (TPSA) is 92.8 Å². The van der Waals surface area contributed by atoms with Crippen LogP contribution in [-0.2, 0) is 17.6 Å². The van der Waals surface area contributed by atoms with Crippen molar-refractivity contribution in [3.05, 3.63) is 65.5 Å². The van der Waals surface area contributed by atoms with Crippen LogP contribution in [0.5, 0.6) is 5.75 Å². The number of H-pyrrole nitrogens is 1. The van der Waals surface area contributed by atoms with Crippen LogP contribution in [0.2, 0.25) is 0 Å². The number of rotatable bonds is 7. The summed E-state index contributed by atoms with van der Waals surface area (Å²) in [5.41, 5.74) is 2.91. The fourth-order valence-corrected chi connectivity index (χ4v) is 2.71. The lowest BCUT2D eigenvalue weighted by Crippen LogP contribution is -2.24. The molecule has 0 aliphatic carbocycles. The monoisotopic (exact) mass is 351 g/mol. The Labute approximate surface area is 151 Å². The minimum Gasteiger partial charge on any atom is -0.497 e. The molecule has 0 bridgehead atoms. The van der Waals surface area contributed by atoms with Gasteiger partial charge in [-0.1, -0.05) is 36.4 Å². The van der Waals surface area contributed by atoms with Gasteiger partial charge in [0, 0.05) is 5.69 Å². The third-order valence-electron chi connectivity index (χ3n) is 4.19. The number of nitrogens with one attached hydrogen (secondary N) is 2. The first-order valence-corrected chi connectivity index (χ1v) is 8.45. The fourth-order valence-electron chi connectivity index (χ4n) is 2.71. The first-order chi connectivity index (χ1) is 12.7. The van der Waals surface area contributed by atoms with Crippen molar-refractivity contribution in [3.8, 4) is 5.75 Å². The van der Waals surface area contributed by atoms with Crippen molar-refractivity contribution in [2.24, 2.45) is 0 Å². The van der Waals surface area contributed by atoms with Crippen LogP contribution in [0.1, 0.15) is 29.8 Å². The van der Waals surface area contributed by atoms with Crippen molar-refractivity contribution in [1.29, 1.82) is 0 Å². The van der Waals surface area contributed by atoms with Crippen LogP contribution in [0.3, 0.4) is 0 Å². The van der Waals surface area contributed by atoms with Gasteiger partial charge < -0.3 is 10.1 Å². The number of carbonyl (C=O) groups excluding carboxylic acids is 1. The summed E-state index contributed by atoms with van der Waals surface area (Å²) in [5, 5.41) is 17.0. The molecular formula is C19H21N5O2. The second-order valence-corrected chi connectivity index (χ2v) is 5.92. The molecule has 134 valence electrons. The number of methoxy groups -OCH3 is 1. The molecule has 3 rings (SSSR count). The Hall–Kier alpha value is -3.22. The summed E-state index contributed by atoms with van der Waals surface area (Å²) in [4.78, 5) is 12.9. The van der Waals surface area contributed by atoms with Gasteiger partial charge in [0.05, 0.1) is 7.11 Å². The van der Waals surface area contributed by atoms with Gasteiger partial charge in [0.2, 0.25) is 5.91 Å². The molecule has 7 nitrogen and oxygen atoms in total. The SMILES string of the molecule is CCc1ccc(NC(=O)C(Cc2cccc(OC)c2)c2nn[nH]n2)cc1. The van der Waals surface area contributed by atoms with Crippen LogP contribution in [0.15, 0.2) is 48.5 Å². The number of amides is 1. The summed E-state index contributed by atoms with van der Waals surface area (Å²) in [6.45, 7) is 2.09. The van der Waals surface area contributed by atoms with Gasteiger partial charge in [-0.15, -0.1) is 10.2 Å². The van der Waals surface area contributed by atoms with Crippen LogP contribution >= 0.6 is 0 Å². The van der Waals surface area contributed by atoms with E-state index in [0.29, 0.717) is 12.2 Å². The highest BCUT2D eigenvalue weighted by atomic mass is 16.5. The minimum absolute atomic E-state index is 0.182. The molecule has 7 heteroatoms. The molecule has 3 aromatic rings. The van der Waals surface area contributed by atoms with E-state index in [1.807, 2.05) is 48.5 Å². The van der Waals surface area contributed by atoms with E-state index in [0.717, 1.165) is 23.4 Å². The Morgan fingerprint density at radius 3 is 2.65 bits per heavy atom. The maximum Gasteiger partial charge on any atom is 0.235 e. The van der Waals surface area contributed by atoms with E-state index in [9.17, 15) is 4.79 Å². The molecule has 0 fully saturated rings. The van der Waals surface area contributed by atoms with Gasteiger partial charge in [0.15, 0.2) is 5.82 Å². The number of anilines is 1. The van der Waals surface area contributed by atoms with Crippen molar-refractivity contribution in [2.75, 3.05) is 12.4 Å². The van der Waals surface area contributed by atoms with Gasteiger partial charge in [-0.25, -0.2) is 0 Å². The molecule has 26 heavy (non-hydrogen) atoms. The van der Waals surface area contributed by atoms with E-state index >= 15 is 0 Å².